The van der Waals surface area contributed by atoms with E-state index in [9.17, 15) is 0 Å². The third-order valence-corrected chi connectivity index (χ3v) is 14.0. The quantitative estimate of drug-likeness (QED) is 0.135. The summed E-state index contributed by atoms with van der Waals surface area (Å²) in [5.41, 5.74) is 11.5. The SMILES string of the molecule is C=Cc1ccc(-c2ccc(N(c3cc4cc5sc(N(c6ccc(-c7ccc(C=C)cc7)cc6)c6cccc7ccccc67)cc5cc4s3)c3cccc4ccccc34)cc2)cc1. The molecule has 0 N–H and O–H groups in total. The highest BCUT2D eigenvalue weighted by molar-refractivity contribution is 7.24. The average Bonchev–Trinajstić information content (AvgIpc) is 3.94. The van der Waals surface area contributed by atoms with Crippen molar-refractivity contribution in [3.63, 3.8) is 0 Å². The average molecular weight is 829 g/mol. The third kappa shape index (κ3) is 6.86. The molecule has 4 heteroatoms. The second-order valence-electron chi connectivity index (χ2n) is 15.5. The fraction of sp³-hybridized carbons (Fsp3) is 0. The molecule has 2 heterocycles. The maximum atomic E-state index is 3.92. The van der Waals surface area contributed by atoms with Gasteiger partial charge in [-0.05, 0) is 116 Å². The number of nitrogens with zero attached hydrogens (tertiary/aromatic N) is 2. The van der Waals surface area contributed by atoms with Crippen molar-refractivity contribution in [3.05, 3.63) is 231 Å². The van der Waals surface area contributed by atoms with Crippen molar-refractivity contribution in [1.29, 1.82) is 0 Å². The molecular weight excluding hydrogens is 789 g/mol. The molecule has 0 spiro atoms. The van der Waals surface area contributed by atoms with Crippen LogP contribution in [0.25, 0.3) is 76.1 Å². The van der Waals surface area contributed by atoms with Gasteiger partial charge in [-0.25, -0.2) is 0 Å². The molecule has 11 aromatic rings. The summed E-state index contributed by atoms with van der Waals surface area (Å²) in [7, 11) is 0. The van der Waals surface area contributed by atoms with Crippen LogP contribution in [0.3, 0.4) is 0 Å². The molecule has 0 saturated heterocycles. The van der Waals surface area contributed by atoms with Crippen molar-refractivity contribution in [2.45, 2.75) is 0 Å². The second-order valence-corrected chi connectivity index (χ2v) is 17.6. The van der Waals surface area contributed by atoms with Gasteiger partial charge in [-0.15, -0.1) is 22.7 Å². The lowest BCUT2D eigenvalue weighted by atomic mass is 10.0. The molecule has 62 heavy (non-hydrogen) atoms. The van der Waals surface area contributed by atoms with E-state index in [1.165, 1.54) is 74.0 Å². The van der Waals surface area contributed by atoms with E-state index in [4.69, 9.17) is 0 Å². The second kappa shape index (κ2) is 15.8. The number of benzene rings is 9. The molecule has 11 rings (SSSR count). The first-order chi connectivity index (χ1) is 30.6. The molecule has 0 unspecified atom stereocenters. The summed E-state index contributed by atoms with van der Waals surface area (Å²) in [6.45, 7) is 7.84. The molecule has 0 radical (unpaired) electrons. The van der Waals surface area contributed by atoms with E-state index in [1.807, 2.05) is 34.8 Å². The molecule has 2 aromatic heterocycles. The zero-order valence-corrected chi connectivity index (χ0v) is 35.5. The summed E-state index contributed by atoms with van der Waals surface area (Å²) in [4.78, 5) is 4.85. The van der Waals surface area contributed by atoms with Gasteiger partial charge in [-0.1, -0.05) is 171 Å². The zero-order chi connectivity index (χ0) is 41.6. The molecular formula is C58H40N2S2. The minimum atomic E-state index is 1.12. The molecule has 0 saturated carbocycles. The minimum Gasteiger partial charge on any atom is -0.301 e. The number of hydrogen-bond acceptors (Lipinski definition) is 4. The summed E-state index contributed by atoms with van der Waals surface area (Å²) < 4.78 is 2.51. The van der Waals surface area contributed by atoms with Crippen LogP contribution in [0, 0.1) is 0 Å². The summed E-state index contributed by atoms with van der Waals surface area (Å²) in [6.07, 6.45) is 3.77. The number of anilines is 6. The smallest absolute Gasteiger partial charge is 0.101 e. The van der Waals surface area contributed by atoms with E-state index in [-0.39, 0.29) is 0 Å². The standard InChI is InChI=1S/C58H40N2S2/c1-3-39-19-23-41(24-20-39)43-27-31-49(32-28-43)59(53-17-9-13-45-11-5-7-15-51(45)53)57-37-47-35-56-48(36-55(47)61-57)38-58(62-56)60(54-18-10-14-46-12-6-8-16-52(46)54)50-33-29-44(30-34-50)42-25-21-40(4-2)22-26-42/h3-38H,1-2H2. The van der Waals surface area contributed by atoms with Crippen LogP contribution < -0.4 is 9.80 Å². The van der Waals surface area contributed by atoms with Crippen LogP contribution in [0.15, 0.2) is 219 Å². The maximum absolute atomic E-state index is 3.92. The van der Waals surface area contributed by atoms with Gasteiger partial charge in [0.15, 0.2) is 0 Å². The monoisotopic (exact) mass is 828 g/mol. The van der Waals surface area contributed by atoms with Crippen molar-refractivity contribution in [2.75, 3.05) is 9.80 Å². The molecule has 0 aliphatic heterocycles. The third-order valence-electron chi connectivity index (χ3n) is 11.8. The van der Waals surface area contributed by atoms with Crippen LogP contribution in [-0.2, 0) is 0 Å². The van der Waals surface area contributed by atoms with E-state index >= 15 is 0 Å². The number of fused-ring (bicyclic) bond motifs is 4. The number of hydrogen-bond donors (Lipinski definition) is 0. The molecule has 294 valence electrons. The van der Waals surface area contributed by atoms with Gasteiger partial charge in [0, 0.05) is 31.5 Å². The van der Waals surface area contributed by atoms with Crippen molar-refractivity contribution < 1.29 is 0 Å². The Morgan fingerprint density at radius 3 is 1.08 bits per heavy atom. The topological polar surface area (TPSA) is 6.48 Å². The van der Waals surface area contributed by atoms with Crippen LogP contribution in [0.1, 0.15) is 11.1 Å². The fourth-order valence-corrected chi connectivity index (χ4v) is 10.8. The highest BCUT2D eigenvalue weighted by atomic mass is 32.1. The summed E-state index contributed by atoms with van der Waals surface area (Å²) in [6, 6.07) is 75.1. The Labute approximate surface area is 369 Å². The van der Waals surface area contributed by atoms with Crippen LogP contribution in [0.5, 0.6) is 0 Å². The fourth-order valence-electron chi connectivity index (χ4n) is 8.57. The van der Waals surface area contributed by atoms with E-state index in [0.29, 0.717) is 0 Å². The highest BCUT2D eigenvalue weighted by Gasteiger charge is 2.21. The lowest BCUT2D eigenvalue weighted by Gasteiger charge is -2.25. The minimum absolute atomic E-state index is 1.12. The Morgan fingerprint density at radius 2 is 0.694 bits per heavy atom. The molecule has 0 fully saturated rings. The lowest BCUT2D eigenvalue weighted by molar-refractivity contribution is 1.33. The van der Waals surface area contributed by atoms with Crippen molar-refractivity contribution in [1.82, 2.24) is 0 Å². The van der Waals surface area contributed by atoms with Crippen LogP contribution >= 0.6 is 22.7 Å². The Kier molecular flexibility index (Phi) is 9.58. The maximum Gasteiger partial charge on any atom is 0.101 e. The van der Waals surface area contributed by atoms with Gasteiger partial charge in [-0.2, -0.15) is 0 Å². The van der Waals surface area contributed by atoms with Gasteiger partial charge in [0.05, 0.1) is 11.4 Å². The van der Waals surface area contributed by atoms with E-state index in [1.54, 1.807) is 0 Å². The van der Waals surface area contributed by atoms with Gasteiger partial charge >= 0.3 is 0 Å². The first-order valence-electron chi connectivity index (χ1n) is 20.8. The Morgan fingerprint density at radius 1 is 0.339 bits per heavy atom. The normalized spacial score (nSPS) is 11.4. The van der Waals surface area contributed by atoms with Gasteiger partial charge < -0.3 is 9.80 Å². The molecule has 0 bridgehead atoms. The van der Waals surface area contributed by atoms with E-state index in [0.717, 1.165) is 33.9 Å². The Balaban J connectivity index is 1.01. The lowest BCUT2D eigenvalue weighted by Crippen LogP contribution is -2.08. The van der Waals surface area contributed by atoms with E-state index in [2.05, 4.69) is 229 Å². The van der Waals surface area contributed by atoms with Gasteiger partial charge in [0.25, 0.3) is 0 Å². The van der Waals surface area contributed by atoms with Crippen molar-refractivity contribution in [3.8, 4) is 22.3 Å². The van der Waals surface area contributed by atoms with Crippen LogP contribution in [-0.4, -0.2) is 0 Å². The van der Waals surface area contributed by atoms with E-state index < -0.39 is 0 Å². The van der Waals surface area contributed by atoms with Crippen molar-refractivity contribution >= 4 is 109 Å². The Hall–Kier alpha value is -7.50. The van der Waals surface area contributed by atoms with Crippen LogP contribution in [0.4, 0.5) is 32.8 Å². The first kappa shape index (κ1) is 37.5. The molecule has 0 atom stereocenters. The molecule has 0 aliphatic rings. The number of thiophene rings is 2. The zero-order valence-electron chi connectivity index (χ0n) is 33.9. The predicted molar refractivity (Wildman–Crippen MR) is 273 cm³/mol. The molecule has 2 nitrogen and oxygen atoms in total. The van der Waals surface area contributed by atoms with Gasteiger partial charge in [0.1, 0.15) is 10.0 Å². The van der Waals surface area contributed by atoms with Gasteiger partial charge in [0.2, 0.25) is 0 Å². The summed E-state index contributed by atoms with van der Waals surface area (Å²) in [5, 5.41) is 9.69. The van der Waals surface area contributed by atoms with Crippen molar-refractivity contribution in [2.24, 2.45) is 0 Å². The largest absolute Gasteiger partial charge is 0.301 e. The Bertz CT molecular complexity index is 3140. The summed E-state index contributed by atoms with van der Waals surface area (Å²) in [5.74, 6) is 0. The molecule has 0 amide bonds. The first-order valence-corrected chi connectivity index (χ1v) is 22.4. The molecule has 0 aliphatic carbocycles. The predicted octanol–water partition coefficient (Wildman–Crippen LogP) is 18.0. The summed E-state index contributed by atoms with van der Waals surface area (Å²) >= 11 is 3.68. The van der Waals surface area contributed by atoms with Crippen LogP contribution in [0.2, 0.25) is 0 Å². The number of rotatable bonds is 10. The molecule has 9 aromatic carbocycles. The van der Waals surface area contributed by atoms with Gasteiger partial charge in [-0.3, -0.25) is 0 Å². The highest BCUT2D eigenvalue weighted by Crippen LogP contribution is 2.48.